The Balaban J connectivity index is 2.02. The van der Waals surface area contributed by atoms with Crippen molar-refractivity contribution in [3.63, 3.8) is 0 Å². The maximum absolute atomic E-state index is 12.3. The predicted octanol–water partition coefficient (Wildman–Crippen LogP) is 3.01. The summed E-state index contributed by atoms with van der Waals surface area (Å²) >= 11 is 0. The van der Waals surface area contributed by atoms with Crippen molar-refractivity contribution in [1.82, 2.24) is 5.32 Å². The number of hydrogen-bond acceptors (Lipinski definition) is 3. The van der Waals surface area contributed by atoms with E-state index in [1.54, 1.807) is 37.4 Å². The number of carbonyl (C=O) groups is 2. The smallest absolute Gasteiger partial charge is 0.255 e. The number of hydrogen-bond donors (Lipinski definition) is 2. The summed E-state index contributed by atoms with van der Waals surface area (Å²) in [6.07, 6.45) is 0.371. The summed E-state index contributed by atoms with van der Waals surface area (Å²) in [6, 6.07) is 14.3. The SMILES string of the molecule is CNC(=O)Cc1ccc(NC(=O)c2cccc(OC(C)C)c2)cc1. The van der Waals surface area contributed by atoms with E-state index in [4.69, 9.17) is 4.74 Å². The lowest BCUT2D eigenvalue weighted by Gasteiger charge is -2.11. The molecule has 0 aromatic heterocycles. The van der Waals surface area contributed by atoms with E-state index in [2.05, 4.69) is 10.6 Å². The van der Waals surface area contributed by atoms with Gasteiger partial charge in [-0.3, -0.25) is 9.59 Å². The number of anilines is 1. The van der Waals surface area contributed by atoms with E-state index in [1.165, 1.54) is 0 Å². The third-order valence-corrected chi connectivity index (χ3v) is 3.32. The Kier molecular flexibility index (Phi) is 5.95. The minimum atomic E-state index is -0.205. The molecule has 0 saturated carbocycles. The molecule has 24 heavy (non-hydrogen) atoms. The fourth-order valence-electron chi connectivity index (χ4n) is 2.17. The zero-order chi connectivity index (χ0) is 17.5. The molecule has 5 nitrogen and oxygen atoms in total. The summed E-state index contributed by atoms with van der Waals surface area (Å²) in [7, 11) is 1.61. The second-order valence-electron chi connectivity index (χ2n) is 5.70. The highest BCUT2D eigenvalue weighted by Gasteiger charge is 2.08. The van der Waals surface area contributed by atoms with Gasteiger partial charge in [0.25, 0.3) is 5.91 Å². The Morgan fingerprint density at radius 1 is 1.08 bits per heavy atom. The molecule has 0 aliphatic rings. The van der Waals surface area contributed by atoms with Crippen molar-refractivity contribution in [3.8, 4) is 5.75 Å². The van der Waals surface area contributed by atoms with Crippen LogP contribution in [0, 0.1) is 0 Å². The average molecular weight is 326 g/mol. The van der Waals surface area contributed by atoms with Gasteiger partial charge < -0.3 is 15.4 Å². The first-order valence-electron chi connectivity index (χ1n) is 7.85. The monoisotopic (exact) mass is 326 g/mol. The largest absolute Gasteiger partial charge is 0.491 e. The molecule has 0 radical (unpaired) electrons. The van der Waals surface area contributed by atoms with E-state index in [0.29, 0.717) is 23.4 Å². The number of rotatable bonds is 6. The molecule has 2 N–H and O–H groups in total. The normalized spacial score (nSPS) is 10.3. The van der Waals surface area contributed by atoms with Gasteiger partial charge in [-0.1, -0.05) is 18.2 Å². The van der Waals surface area contributed by atoms with Gasteiger partial charge in [-0.15, -0.1) is 0 Å². The molecule has 0 aliphatic carbocycles. The lowest BCUT2D eigenvalue weighted by Crippen LogP contribution is -2.19. The van der Waals surface area contributed by atoms with Crippen molar-refractivity contribution in [2.45, 2.75) is 26.4 Å². The van der Waals surface area contributed by atoms with Gasteiger partial charge in [0, 0.05) is 18.3 Å². The van der Waals surface area contributed by atoms with Gasteiger partial charge in [-0.2, -0.15) is 0 Å². The third-order valence-electron chi connectivity index (χ3n) is 3.32. The minimum absolute atomic E-state index is 0.0475. The molecule has 0 fully saturated rings. The first-order chi connectivity index (χ1) is 11.5. The number of amides is 2. The minimum Gasteiger partial charge on any atom is -0.491 e. The second-order valence-corrected chi connectivity index (χ2v) is 5.70. The predicted molar refractivity (Wildman–Crippen MR) is 94.4 cm³/mol. The van der Waals surface area contributed by atoms with Crippen LogP contribution in [0.15, 0.2) is 48.5 Å². The summed E-state index contributed by atoms with van der Waals surface area (Å²) < 4.78 is 5.60. The highest BCUT2D eigenvalue weighted by atomic mass is 16.5. The summed E-state index contributed by atoms with van der Waals surface area (Å²) in [6.45, 7) is 3.88. The van der Waals surface area contributed by atoms with Crippen LogP contribution < -0.4 is 15.4 Å². The zero-order valence-electron chi connectivity index (χ0n) is 14.1. The van der Waals surface area contributed by atoms with Crippen molar-refractivity contribution in [1.29, 1.82) is 0 Å². The van der Waals surface area contributed by atoms with Gasteiger partial charge in [0.2, 0.25) is 5.91 Å². The van der Waals surface area contributed by atoms with Gasteiger partial charge in [0.1, 0.15) is 5.75 Å². The molecule has 2 aromatic rings. The maximum Gasteiger partial charge on any atom is 0.255 e. The van der Waals surface area contributed by atoms with Gasteiger partial charge >= 0.3 is 0 Å². The molecule has 2 rings (SSSR count). The fourth-order valence-corrected chi connectivity index (χ4v) is 2.17. The molecule has 126 valence electrons. The Morgan fingerprint density at radius 2 is 1.79 bits per heavy atom. The zero-order valence-corrected chi connectivity index (χ0v) is 14.1. The lowest BCUT2D eigenvalue weighted by atomic mass is 10.1. The van der Waals surface area contributed by atoms with E-state index in [-0.39, 0.29) is 17.9 Å². The second kappa shape index (κ2) is 8.15. The maximum atomic E-state index is 12.3. The van der Waals surface area contributed by atoms with Crippen LogP contribution in [0.4, 0.5) is 5.69 Å². The number of nitrogens with one attached hydrogen (secondary N) is 2. The molecule has 0 aliphatic heterocycles. The van der Waals surface area contributed by atoms with Crippen LogP contribution in [-0.4, -0.2) is 25.0 Å². The molecular formula is C19H22N2O3. The fraction of sp³-hybridized carbons (Fsp3) is 0.263. The van der Waals surface area contributed by atoms with E-state index >= 15 is 0 Å². The topological polar surface area (TPSA) is 67.4 Å². The molecule has 2 amide bonds. The van der Waals surface area contributed by atoms with Crippen LogP contribution in [0.2, 0.25) is 0 Å². The molecule has 0 atom stereocenters. The van der Waals surface area contributed by atoms with E-state index in [0.717, 1.165) is 5.56 Å². The molecule has 0 saturated heterocycles. The number of likely N-dealkylation sites (N-methyl/N-ethyl adjacent to an activating group) is 1. The third kappa shape index (κ3) is 5.12. The molecule has 0 spiro atoms. The molecule has 0 unspecified atom stereocenters. The van der Waals surface area contributed by atoms with Crippen molar-refractivity contribution in [2.24, 2.45) is 0 Å². The van der Waals surface area contributed by atoms with Crippen LogP contribution in [0.25, 0.3) is 0 Å². The highest BCUT2D eigenvalue weighted by Crippen LogP contribution is 2.17. The molecule has 2 aromatic carbocycles. The summed E-state index contributed by atoms with van der Waals surface area (Å²) in [4.78, 5) is 23.7. The van der Waals surface area contributed by atoms with Gasteiger partial charge in [-0.25, -0.2) is 0 Å². The Hall–Kier alpha value is -2.82. The van der Waals surface area contributed by atoms with Crippen LogP contribution >= 0.6 is 0 Å². The number of benzene rings is 2. The van der Waals surface area contributed by atoms with Crippen molar-refractivity contribution < 1.29 is 14.3 Å². The van der Waals surface area contributed by atoms with Crippen LogP contribution in [0.3, 0.4) is 0 Å². The number of carbonyl (C=O) groups excluding carboxylic acids is 2. The van der Waals surface area contributed by atoms with E-state index < -0.39 is 0 Å². The van der Waals surface area contributed by atoms with Crippen LogP contribution in [0.5, 0.6) is 5.75 Å². The standard InChI is InChI=1S/C19H22N2O3/c1-13(2)24-17-6-4-5-15(12-17)19(23)21-16-9-7-14(8-10-16)11-18(22)20-3/h4-10,12-13H,11H2,1-3H3,(H,20,22)(H,21,23). The van der Waals surface area contributed by atoms with Gasteiger partial charge in [0.05, 0.1) is 12.5 Å². The molecule has 0 heterocycles. The van der Waals surface area contributed by atoms with Gasteiger partial charge in [0.15, 0.2) is 0 Å². The van der Waals surface area contributed by atoms with Crippen molar-refractivity contribution >= 4 is 17.5 Å². The summed E-state index contributed by atoms with van der Waals surface area (Å²) in [5, 5.41) is 5.42. The summed E-state index contributed by atoms with van der Waals surface area (Å²) in [5.41, 5.74) is 2.10. The molecule has 0 bridgehead atoms. The van der Waals surface area contributed by atoms with Crippen molar-refractivity contribution in [3.05, 3.63) is 59.7 Å². The van der Waals surface area contributed by atoms with Crippen molar-refractivity contribution in [2.75, 3.05) is 12.4 Å². The molecule has 5 heteroatoms. The van der Waals surface area contributed by atoms with Gasteiger partial charge in [-0.05, 0) is 49.7 Å². The van der Waals surface area contributed by atoms with Crippen LogP contribution in [0.1, 0.15) is 29.8 Å². The van der Waals surface area contributed by atoms with E-state index in [9.17, 15) is 9.59 Å². The Labute approximate surface area is 142 Å². The van der Waals surface area contributed by atoms with Crippen LogP contribution in [-0.2, 0) is 11.2 Å². The highest BCUT2D eigenvalue weighted by molar-refractivity contribution is 6.04. The molecular weight excluding hydrogens is 304 g/mol. The quantitative estimate of drug-likeness (QED) is 0.857. The number of ether oxygens (including phenoxy) is 1. The summed E-state index contributed by atoms with van der Waals surface area (Å²) in [5.74, 6) is 0.413. The lowest BCUT2D eigenvalue weighted by molar-refractivity contribution is -0.119. The van der Waals surface area contributed by atoms with E-state index in [1.807, 2.05) is 32.0 Å². The Bertz CT molecular complexity index is 709. The first kappa shape index (κ1) is 17.5. The average Bonchev–Trinajstić information content (AvgIpc) is 2.56. The first-order valence-corrected chi connectivity index (χ1v) is 7.85. The Morgan fingerprint density at radius 3 is 2.42 bits per heavy atom.